The zero-order chi connectivity index (χ0) is 19.7. The Morgan fingerprint density at radius 1 is 1.14 bits per heavy atom. The molecule has 0 spiro atoms. The smallest absolute Gasteiger partial charge is 0.251 e. The highest BCUT2D eigenvalue weighted by molar-refractivity contribution is 8.15. The first-order valence-corrected chi connectivity index (χ1v) is 12.6. The minimum Gasteiger partial charge on any atom is -0.346 e. The van der Waals surface area contributed by atoms with E-state index in [1.807, 2.05) is 4.90 Å². The summed E-state index contributed by atoms with van der Waals surface area (Å²) in [4.78, 5) is 19.1. The van der Waals surface area contributed by atoms with Gasteiger partial charge in [0.25, 0.3) is 5.91 Å². The van der Waals surface area contributed by atoms with E-state index in [9.17, 15) is 17.6 Å². The molecule has 1 amide bonds. The molecule has 1 aliphatic carbocycles. The van der Waals surface area contributed by atoms with Crippen molar-refractivity contribution >= 4 is 32.7 Å². The van der Waals surface area contributed by atoms with Crippen LogP contribution in [0.2, 0.25) is 0 Å². The molecule has 4 rings (SSSR count). The highest BCUT2D eigenvalue weighted by Crippen LogP contribution is 2.38. The number of carbonyl (C=O) groups excluding carboxylic acids is 1. The number of amides is 1. The van der Waals surface area contributed by atoms with Crippen LogP contribution < -0.4 is 0 Å². The summed E-state index contributed by atoms with van der Waals surface area (Å²) >= 11 is 1.44. The van der Waals surface area contributed by atoms with Crippen LogP contribution in [0.1, 0.15) is 37.7 Å². The second kappa shape index (κ2) is 8.14. The Kier molecular flexibility index (Phi) is 5.78. The van der Waals surface area contributed by atoms with Gasteiger partial charge in [-0.3, -0.25) is 4.79 Å². The van der Waals surface area contributed by atoms with Crippen molar-refractivity contribution in [1.82, 2.24) is 4.90 Å². The summed E-state index contributed by atoms with van der Waals surface area (Å²) in [5.74, 6) is -0.0685. The van der Waals surface area contributed by atoms with Crippen molar-refractivity contribution in [3.05, 3.63) is 35.6 Å². The molecule has 1 saturated carbocycles. The molecule has 2 saturated heterocycles. The number of hydrogen-bond donors (Lipinski definition) is 0. The molecule has 3 fully saturated rings. The minimum atomic E-state index is -3.05. The van der Waals surface area contributed by atoms with Crippen LogP contribution in [0.5, 0.6) is 0 Å². The summed E-state index contributed by atoms with van der Waals surface area (Å²) in [5, 5.41) is 0.610. The van der Waals surface area contributed by atoms with Crippen molar-refractivity contribution < 1.29 is 17.6 Å². The molecule has 5 nitrogen and oxygen atoms in total. The largest absolute Gasteiger partial charge is 0.346 e. The van der Waals surface area contributed by atoms with E-state index in [1.54, 1.807) is 12.1 Å². The summed E-state index contributed by atoms with van der Waals surface area (Å²) in [6, 6.07) is 6.21. The van der Waals surface area contributed by atoms with Crippen molar-refractivity contribution in [2.24, 2.45) is 10.9 Å². The Morgan fingerprint density at radius 3 is 2.57 bits per heavy atom. The Balaban J connectivity index is 1.51. The second-order valence-corrected chi connectivity index (χ2v) is 11.3. The number of rotatable bonds is 4. The number of halogens is 1. The van der Waals surface area contributed by atoms with E-state index in [0.717, 1.165) is 31.2 Å². The fraction of sp³-hybridized carbons (Fsp3) is 0.600. The van der Waals surface area contributed by atoms with E-state index in [-0.39, 0.29) is 40.4 Å². The van der Waals surface area contributed by atoms with E-state index in [1.165, 1.54) is 30.3 Å². The average molecular weight is 425 g/mol. The van der Waals surface area contributed by atoms with Gasteiger partial charge in [-0.1, -0.05) is 43.2 Å². The molecule has 28 heavy (non-hydrogen) atoms. The third-order valence-corrected chi connectivity index (χ3v) is 9.14. The maximum Gasteiger partial charge on any atom is 0.251 e. The van der Waals surface area contributed by atoms with Gasteiger partial charge in [-0.15, -0.1) is 0 Å². The number of benzene rings is 1. The van der Waals surface area contributed by atoms with Gasteiger partial charge in [0.1, 0.15) is 5.82 Å². The van der Waals surface area contributed by atoms with Crippen molar-refractivity contribution in [3.8, 4) is 0 Å². The second-order valence-electron chi connectivity index (χ2n) is 7.94. The number of amidine groups is 1. The number of aliphatic imine (C=N–C) groups is 1. The molecule has 0 bridgehead atoms. The molecule has 1 aromatic carbocycles. The molecule has 0 N–H and O–H groups in total. The third-order valence-electron chi connectivity index (χ3n) is 5.89. The van der Waals surface area contributed by atoms with E-state index in [0.29, 0.717) is 18.1 Å². The van der Waals surface area contributed by atoms with Gasteiger partial charge in [0.05, 0.1) is 17.5 Å². The highest BCUT2D eigenvalue weighted by Gasteiger charge is 2.48. The van der Waals surface area contributed by atoms with Crippen LogP contribution in [0.25, 0.3) is 0 Å². The molecule has 1 aromatic rings. The standard InChI is InChI=1S/C20H25FN2O3S2/c21-16-8-6-14(7-9-16)10-11-23-17-12-28(25,26)13-18(17)27-20(23)22-19(24)15-4-2-1-3-5-15/h6-9,15,17-18H,1-5,10-13H2/t17-,18+/m1/s1. The number of carbonyl (C=O) groups is 1. The number of fused-ring (bicyclic) bond motifs is 1. The van der Waals surface area contributed by atoms with E-state index >= 15 is 0 Å². The zero-order valence-electron chi connectivity index (χ0n) is 15.7. The molecule has 152 valence electrons. The molecule has 8 heteroatoms. The quantitative estimate of drug-likeness (QED) is 0.743. The summed E-state index contributed by atoms with van der Waals surface area (Å²) in [6.07, 6.45) is 5.79. The predicted molar refractivity (Wildman–Crippen MR) is 110 cm³/mol. The Hall–Kier alpha value is -1.41. The minimum absolute atomic E-state index is 0.00460. The lowest BCUT2D eigenvalue weighted by atomic mass is 9.89. The Morgan fingerprint density at radius 2 is 1.86 bits per heavy atom. The van der Waals surface area contributed by atoms with E-state index in [2.05, 4.69) is 4.99 Å². The summed E-state index contributed by atoms with van der Waals surface area (Å²) < 4.78 is 37.3. The maximum atomic E-state index is 13.1. The number of sulfone groups is 1. The van der Waals surface area contributed by atoms with E-state index < -0.39 is 9.84 Å². The first kappa shape index (κ1) is 19.9. The van der Waals surface area contributed by atoms with Gasteiger partial charge in [0.15, 0.2) is 15.0 Å². The van der Waals surface area contributed by atoms with Gasteiger partial charge in [0.2, 0.25) is 0 Å². The lowest BCUT2D eigenvalue weighted by Gasteiger charge is -2.25. The van der Waals surface area contributed by atoms with Crippen LogP contribution in [0.3, 0.4) is 0 Å². The average Bonchev–Trinajstić information content (AvgIpc) is 3.13. The first-order chi connectivity index (χ1) is 13.4. The van der Waals surface area contributed by atoms with Crippen LogP contribution in [-0.4, -0.2) is 53.7 Å². The van der Waals surface area contributed by atoms with Gasteiger partial charge in [-0.05, 0) is 37.0 Å². The van der Waals surface area contributed by atoms with Gasteiger partial charge in [-0.25, -0.2) is 12.8 Å². The molecule has 2 atom stereocenters. The molecular formula is C20H25FN2O3S2. The van der Waals surface area contributed by atoms with Crippen molar-refractivity contribution in [3.63, 3.8) is 0 Å². The number of nitrogens with zero attached hydrogens (tertiary/aromatic N) is 2. The fourth-order valence-corrected chi connectivity index (χ4v) is 8.32. The number of hydrogen-bond acceptors (Lipinski definition) is 4. The monoisotopic (exact) mass is 424 g/mol. The predicted octanol–water partition coefficient (Wildman–Crippen LogP) is 3.05. The molecule has 0 radical (unpaired) electrons. The zero-order valence-corrected chi connectivity index (χ0v) is 17.4. The molecular weight excluding hydrogens is 399 g/mol. The SMILES string of the molecule is O=C(N=C1S[C@H]2CS(=O)(=O)C[C@H]2N1CCc1ccc(F)cc1)C1CCCCC1. The van der Waals surface area contributed by atoms with Crippen LogP contribution in [-0.2, 0) is 21.1 Å². The first-order valence-electron chi connectivity index (χ1n) is 9.92. The molecule has 2 aliphatic heterocycles. The van der Waals surface area contributed by atoms with Crippen LogP contribution in [0.15, 0.2) is 29.3 Å². The van der Waals surface area contributed by atoms with Crippen LogP contribution in [0.4, 0.5) is 4.39 Å². The van der Waals surface area contributed by atoms with Crippen molar-refractivity contribution in [2.75, 3.05) is 18.1 Å². The normalized spacial score (nSPS) is 28.6. The Labute approximate surface area is 169 Å². The van der Waals surface area contributed by atoms with Crippen LogP contribution in [0, 0.1) is 11.7 Å². The molecule has 2 heterocycles. The van der Waals surface area contributed by atoms with E-state index in [4.69, 9.17) is 0 Å². The topological polar surface area (TPSA) is 66.8 Å². The van der Waals surface area contributed by atoms with Crippen molar-refractivity contribution in [1.29, 1.82) is 0 Å². The lowest BCUT2D eigenvalue weighted by Crippen LogP contribution is -2.39. The van der Waals surface area contributed by atoms with Crippen LogP contribution >= 0.6 is 11.8 Å². The van der Waals surface area contributed by atoms with Gasteiger partial charge >= 0.3 is 0 Å². The molecule has 0 aromatic heterocycles. The lowest BCUT2D eigenvalue weighted by molar-refractivity contribution is -0.122. The highest BCUT2D eigenvalue weighted by atomic mass is 32.2. The Bertz CT molecular complexity index is 864. The molecule has 0 unspecified atom stereocenters. The van der Waals surface area contributed by atoms with Gasteiger partial charge < -0.3 is 4.90 Å². The fourth-order valence-electron chi connectivity index (χ4n) is 4.33. The maximum absolute atomic E-state index is 13.1. The van der Waals surface area contributed by atoms with Gasteiger partial charge in [-0.2, -0.15) is 4.99 Å². The van der Waals surface area contributed by atoms with Gasteiger partial charge in [0, 0.05) is 17.7 Å². The number of thioether (sulfide) groups is 1. The summed E-state index contributed by atoms with van der Waals surface area (Å²) in [7, 11) is -3.05. The summed E-state index contributed by atoms with van der Waals surface area (Å²) in [6.45, 7) is 0.575. The molecule has 3 aliphatic rings. The van der Waals surface area contributed by atoms with Crippen molar-refractivity contribution in [2.45, 2.75) is 49.8 Å². The summed E-state index contributed by atoms with van der Waals surface area (Å²) in [5.41, 5.74) is 0.980. The third kappa shape index (κ3) is 4.43.